The zero-order chi connectivity index (χ0) is 19.9. The smallest absolute Gasteiger partial charge is 0.289 e. The van der Waals surface area contributed by atoms with Gasteiger partial charge in [-0.25, -0.2) is 4.39 Å². The molecule has 1 aromatic heterocycles. The Morgan fingerprint density at radius 3 is 2.36 bits per heavy atom. The molecule has 1 aliphatic heterocycles. The molecule has 0 radical (unpaired) electrons. The molecular weight excluding hydrogens is 367 g/mol. The number of anilines is 1. The van der Waals surface area contributed by atoms with Crippen LogP contribution in [0.1, 0.15) is 10.6 Å². The maximum atomic E-state index is 12.8. The van der Waals surface area contributed by atoms with Crippen LogP contribution in [0.5, 0.6) is 0 Å². The van der Waals surface area contributed by atoms with E-state index in [0.29, 0.717) is 37.6 Å². The summed E-state index contributed by atoms with van der Waals surface area (Å²) >= 11 is 0. The van der Waals surface area contributed by atoms with Gasteiger partial charge in [0.2, 0.25) is 11.8 Å². The molecule has 0 saturated carbocycles. The molecule has 8 nitrogen and oxygen atoms in total. The van der Waals surface area contributed by atoms with Crippen LogP contribution in [0.3, 0.4) is 0 Å². The molecule has 9 heteroatoms. The van der Waals surface area contributed by atoms with Gasteiger partial charge in [0.1, 0.15) is 5.82 Å². The molecule has 3 amide bonds. The molecule has 2 N–H and O–H groups in total. The summed E-state index contributed by atoms with van der Waals surface area (Å²) in [4.78, 5) is 39.7. The molecule has 2 heterocycles. The van der Waals surface area contributed by atoms with E-state index in [1.165, 1.54) is 30.5 Å². The number of nitrogens with one attached hydrogen (secondary N) is 2. The summed E-state index contributed by atoms with van der Waals surface area (Å²) in [7, 11) is 0. The molecule has 3 rings (SSSR count). The number of amides is 3. The second kappa shape index (κ2) is 9.14. The van der Waals surface area contributed by atoms with Crippen molar-refractivity contribution < 1.29 is 23.2 Å². The van der Waals surface area contributed by atoms with E-state index in [2.05, 4.69) is 10.6 Å². The molecule has 0 spiro atoms. The van der Waals surface area contributed by atoms with Gasteiger partial charge in [-0.1, -0.05) is 0 Å². The van der Waals surface area contributed by atoms with Crippen LogP contribution < -0.4 is 10.6 Å². The van der Waals surface area contributed by atoms with Crippen molar-refractivity contribution in [1.82, 2.24) is 15.1 Å². The van der Waals surface area contributed by atoms with Crippen molar-refractivity contribution in [3.05, 3.63) is 54.2 Å². The van der Waals surface area contributed by atoms with Gasteiger partial charge in [0.05, 0.1) is 19.4 Å². The van der Waals surface area contributed by atoms with E-state index in [0.717, 1.165) is 0 Å². The van der Waals surface area contributed by atoms with Crippen molar-refractivity contribution in [1.29, 1.82) is 0 Å². The highest BCUT2D eigenvalue weighted by Crippen LogP contribution is 2.09. The standard InChI is InChI=1S/C19H21FN4O4/c20-14-3-5-15(6-4-14)22-17(25)12-21-18(26)13-23-7-9-24(10-8-23)19(27)16-2-1-11-28-16/h1-6,11H,7-10,12-13H2,(H,21,26)(H,22,25). The van der Waals surface area contributed by atoms with Gasteiger partial charge in [0.15, 0.2) is 5.76 Å². The molecule has 0 unspecified atom stereocenters. The number of halogens is 1. The Labute approximate surface area is 161 Å². The Morgan fingerprint density at radius 1 is 1.00 bits per heavy atom. The molecule has 1 aliphatic rings. The van der Waals surface area contributed by atoms with Gasteiger partial charge in [-0.2, -0.15) is 0 Å². The monoisotopic (exact) mass is 388 g/mol. The van der Waals surface area contributed by atoms with E-state index >= 15 is 0 Å². The van der Waals surface area contributed by atoms with Crippen molar-refractivity contribution >= 4 is 23.4 Å². The Hall–Kier alpha value is -3.20. The highest BCUT2D eigenvalue weighted by Gasteiger charge is 2.24. The average molecular weight is 388 g/mol. The number of hydrogen-bond donors (Lipinski definition) is 2. The van der Waals surface area contributed by atoms with Crippen LogP contribution in [0, 0.1) is 5.82 Å². The molecule has 0 bridgehead atoms. The Morgan fingerprint density at radius 2 is 1.71 bits per heavy atom. The van der Waals surface area contributed by atoms with E-state index in [-0.39, 0.29) is 24.9 Å². The summed E-state index contributed by atoms with van der Waals surface area (Å²) in [6, 6.07) is 8.66. The lowest BCUT2D eigenvalue weighted by Gasteiger charge is -2.33. The summed E-state index contributed by atoms with van der Waals surface area (Å²) in [5.74, 6) is -0.920. The normalized spacial score (nSPS) is 14.5. The Bertz CT molecular complexity index is 815. The minimum atomic E-state index is -0.395. The first-order chi connectivity index (χ1) is 13.5. The van der Waals surface area contributed by atoms with Gasteiger partial charge < -0.3 is 20.0 Å². The molecular formula is C19H21FN4O4. The number of rotatable bonds is 6. The third-order valence-corrected chi connectivity index (χ3v) is 4.33. The van der Waals surface area contributed by atoms with Gasteiger partial charge >= 0.3 is 0 Å². The number of furan rings is 1. The molecule has 1 fully saturated rings. The third-order valence-electron chi connectivity index (χ3n) is 4.33. The van der Waals surface area contributed by atoms with Crippen LogP contribution in [0.25, 0.3) is 0 Å². The van der Waals surface area contributed by atoms with Crippen LogP contribution in [0.15, 0.2) is 47.1 Å². The largest absolute Gasteiger partial charge is 0.459 e. The Kier molecular flexibility index (Phi) is 6.38. The minimum Gasteiger partial charge on any atom is -0.459 e. The van der Waals surface area contributed by atoms with Gasteiger partial charge in [0, 0.05) is 31.9 Å². The first-order valence-corrected chi connectivity index (χ1v) is 8.88. The van der Waals surface area contributed by atoms with E-state index < -0.39 is 11.7 Å². The zero-order valence-electron chi connectivity index (χ0n) is 15.2. The maximum Gasteiger partial charge on any atom is 0.289 e. The quantitative estimate of drug-likeness (QED) is 0.768. The predicted octanol–water partition coefficient (Wildman–Crippen LogP) is 0.931. The summed E-state index contributed by atoms with van der Waals surface area (Å²) in [5, 5.41) is 5.13. The number of piperazine rings is 1. The number of carbonyl (C=O) groups is 3. The van der Waals surface area contributed by atoms with Crippen LogP contribution in [0.2, 0.25) is 0 Å². The lowest BCUT2D eigenvalue weighted by Crippen LogP contribution is -2.51. The topological polar surface area (TPSA) is 94.9 Å². The number of carbonyl (C=O) groups excluding carboxylic acids is 3. The average Bonchev–Trinajstić information content (AvgIpc) is 3.23. The number of hydrogen-bond acceptors (Lipinski definition) is 5. The molecule has 2 aromatic rings. The van der Waals surface area contributed by atoms with Crippen LogP contribution in [-0.2, 0) is 9.59 Å². The van der Waals surface area contributed by atoms with E-state index in [9.17, 15) is 18.8 Å². The lowest BCUT2D eigenvalue weighted by molar-refractivity contribution is -0.125. The van der Waals surface area contributed by atoms with Crippen molar-refractivity contribution in [3.8, 4) is 0 Å². The van der Waals surface area contributed by atoms with E-state index in [1.807, 2.05) is 4.90 Å². The second-order valence-electron chi connectivity index (χ2n) is 6.38. The highest BCUT2D eigenvalue weighted by atomic mass is 19.1. The molecule has 148 valence electrons. The van der Waals surface area contributed by atoms with Gasteiger partial charge in [-0.15, -0.1) is 0 Å². The predicted molar refractivity (Wildman–Crippen MR) is 99.1 cm³/mol. The van der Waals surface area contributed by atoms with Crippen molar-refractivity contribution in [3.63, 3.8) is 0 Å². The molecule has 1 saturated heterocycles. The first-order valence-electron chi connectivity index (χ1n) is 8.88. The fraction of sp³-hybridized carbons (Fsp3) is 0.316. The van der Waals surface area contributed by atoms with E-state index in [4.69, 9.17) is 4.42 Å². The molecule has 0 aliphatic carbocycles. The van der Waals surface area contributed by atoms with Crippen molar-refractivity contribution in [2.24, 2.45) is 0 Å². The minimum absolute atomic E-state index is 0.145. The molecule has 28 heavy (non-hydrogen) atoms. The maximum absolute atomic E-state index is 12.8. The van der Waals surface area contributed by atoms with Crippen molar-refractivity contribution in [2.75, 3.05) is 44.6 Å². The second-order valence-corrected chi connectivity index (χ2v) is 6.38. The number of nitrogens with zero attached hydrogens (tertiary/aromatic N) is 2. The zero-order valence-corrected chi connectivity index (χ0v) is 15.2. The lowest BCUT2D eigenvalue weighted by atomic mass is 10.3. The summed E-state index contributed by atoms with van der Waals surface area (Å²) in [6.45, 7) is 2.08. The third kappa shape index (κ3) is 5.40. The SMILES string of the molecule is O=C(CN1CCN(C(=O)c2ccco2)CC1)NCC(=O)Nc1ccc(F)cc1. The first kappa shape index (κ1) is 19.6. The molecule has 1 aromatic carbocycles. The summed E-state index contributed by atoms with van der Waals surface area (Å²) < 4.78 is 18.0. The van der Waals surface area contributed by atoms with Crippen molar-refractivity contribution in [2.45, 2.75) is 0 Å². The van der Waals surface area contributed by atoms with Gasteiger partial charge in [0.25, 0.3) is 5.91 Å². The highest BCUT2D eigenvalue weighted by molar-refractivity contribution is 5.94. The van der Waals surface area contributed by atoms with Crippen LogP contribution in [-0.4, -0.2) is 66.8 Å². The van der Waals surface area contributed by atoms with E-state index in [1.54, 1.807) is 17.0 Å². The Balaban J connectivity index is 1.36. The van der Waals surface area contributed by atoms with Gasteiger partial charge in [-0.3, -0.25) is 19.3 Å². The number of benzene rings is 1. The van der Waals surface area contributed by atoms with Crippen LogP contribution in [0.4, 0.5) is 10.1 Å². The summed E-state index contributed by atoms with van der Waals surface area (Å²) in [6.07, 6.45) is 1.46. The molecule has 0 atom stereocenters. The fourth-order valence-corrected chi connectivity index (χ4v) is 2.84. The van der Waals surface area contributed by atoms with Crippen LogP contribution >= 0.6 is 0 Å². The summed E-state index contributed by atoms with van der Waals surface area (Å²) in [5.41, 5.74) is 0.456. The fourth-order valence-electron chi connectivity index (χ4n) is 2.84. The van der Waals surface area contributed by atoms with Gasteiger partial charge in [-0.05, 0) is 36.4 Å².